The average Bonchev–Trinajstić information content (AvgIpc) is 3.36. The van der Waals surface area contributed by atoms with E-state index in [2.05, 4.69) is 19.9 Å². The minimum absolute atomic E-state index is 0.0338. The van der Waals surface area contributed by atoms with Crippen LogP contribution in [0.5, 0.6) is 0 Å². The molecule has 4 rings (SSSR count). The van der Waals surface area contributed by atoms with Crippen LogP contribution < -0.4 is 4.72 Å². The number of aromatic amines is 1. The highest BCUT2D eigenvalue weighted by Crippen LogP contribution is 2.33. The number of hydrogen-bond donors (Lipinski definition) is 2. The topological polar surface area (TPSA) is 108 Å². The maximum absolute atomic E-state index is 14.2. The summed E-state index contributed by atoms with van der Waals surface area (Å²) in [6.45, 7) is -0.0338. The maximum Gasteiger partial charge on any atom is 0.257 e. The zero-order valence-electron chi connectivity index (χ0n) is 16.4. The average molecular weight is 447 g/mol. The van der Waals surface area contributed by atoms with Crippen LogP contribution in [0.15, 0.2) is 48.5 Å². The van der Waals surface area contributed by atoms with Crippen molar-refractivity contribution >= 4 is 15.9 Å². The molecule has 2 N–H and O–H groups in total. The summed E-state index contributed by atoms with van der Waals surface area (Å²) in [4.78, 5) is 18.8. The number of sulfonamides is 1. The molecule has 0 spiro atoms. The lowest BCUT2D eigenvalue weighted by molar-refractivity contribution is 0.0723. The summed E-state index contributed by atoms with van der Waals surface area (Å²) >= 11 is 0. The van der Waals surface area contributed by atoms with E-state index in [9.17, 15) is 22.0 Å². The first-order valence-electron chi connectivity index (χ1n) is 9.42. The summed E-state index contributed by atoms with van der Waals surface area (Å²) < 4.78 is 53.8. The van der Waals surface area contributed by atoms with Crippen molar-refractivity contribution in [2.75, 3.05) is 12.8 Å². The molecule has 1 saturated heterocycles. The van der Waals surface area contributed by atoms with Crippen LogP contribution in [0.2, 0.25) is 0 Å². The molecule has 1 amide bonds. The fourth-order valence-corrected chi connectivity index (χ4v) is 4.44. The molecular weight excluding hydrogens is 428 g/mol. The van der Waals surface area contributed by atoms with Crippen molar-refractivity contribution in [3.63, 3.8) is 0 Å². The molecule has 162 valence electrons. The lowest BCUT2D eigenvalue weighted by Crippen LogP contribution is -2.38. The molecular formula is C20H19F2N5O3S. The number of rotatable bonds is 5. The zero-order chi connectivity index (χ0) is 22.2. The van der Waals surface area contributed by atoms with E-state index in [1.54, 1.807) is 0 Å². The molecule has 0 unspecified atom stereocenters. The highest BCUT2D eigenvalue weighted by Gasteiger charge is 2.40. The van der Waals surface area contributed by atoms with Gasteiger partial charge in [0.1, 0.15) is 17.5 Å². The van der Waals surface area contributed by atoms with Crippen LogP contribution in [0, 0.1) is 11.6 Å². The van der Waals surface area contributed by atoms with Crippen molar-refractivity contribution < 1.29 is 22.0 Å². The number of carbonyl (C=O) groups is 1. The number of benzene rings is 2. The molecule has 0 aliphatic carbocycles. The van der Waals surface area contributed by atoms with Gasteiger partial charge in [0.15, 0.2) is 5.82 Å². The number of likely N-dealkylation sites (tertiary alicyclic amines) is 1. The number of nitrogens with one attached hydrogen (secondary N) is 2. The number of hydrogen-bond acceptors (Lipinski definition) is 5. The number of halogens is 2. The maximum atomic E-state index is 14.2. The van der Waals surface area contributed by atoms with E-state index in [1.807, 2.05) is 30.3 Å². The van der Waals surface area contributed by atoms with Crippen molar-refractivity contribution in [3.8, 4) is 11.4 Å². The summed E-state index contributed by atoms with van der Waals surface area (Å²) in [7, 11) is -3.55. The Morgan fingerprint density at radius 2 is 1.94 bits per heavy atom. The largest absolute Gasteiger partial charge is 0.327 e. The van der Waals surface area contributed by atoms with E-state index in [4.69, 9.17) is 0 Å². The van der Waals surface area contributed by atoms with Crippen LogP contribution in [-0.4, -0.2) is 53.2 Å². The highest BCUT2D eigenvalue weighted by molar-refractivity contribution is 7.88. The SMILES string of the molecule is CS(=O)(=O)N[C@H]1C[C@@H](c2nc(-c3ccccc3)n[nH]2)N(C(=O)c2cc(F)ccc2F)C1. The summed E-state index contributed by atoms with van der Waals surface area (Å²) in [5.41, 5.74) is 0.315. The van der Waals surface area contributed by atoms with Crippen LogP contribution in [0.4, 0.5) is 8.78 Å². The van der Waals surface area contributed by atoms with Crippen LogP contribution in [0.25, 0.3) is 11.4 Å². The molecule has 0 bridgehead atoms. The smallest absolute Gasteiger partial charge is 0.257 e. The van der Waals surface area contributed by atoms with Gasteiger partial charge < -0.3 is 4.90 Å². The number of amides is 1. The van der Waals surface area contributed by atoms with E-state index in [0.717, 1.165) is 30.0 Å². The molecule has 3 aromatic rings. The van der Waals surface area contributed by atoms with Gasteiger partial charge in [0.25, 0.3) is 5.91 Å². The van der Waals surface area contributed by atoms with Gasteiger partial charge in [-0.2, -0.15) is 5.10 Å². The minimum Gasteiger partial charge on any atom is -0.327 e. The Bertz CT molecular complexity index is 1220. The second kappa shape index (κ2) is 8.16. The lowest BCUT2D eigenvalue weighted by atomic mass is 10.1. The van der Waals surface area contributed by atoms with Gasteiger partial charge in [-0.1, -0.05) is 30.3 Å². The molecule has 2 heterocycles. The van der Waals surface area contributed by atoms with Gasteiger partial charge in [-0.05, 0) is 24.6 Å². The quantitative estimate of drug-likeness (QED) is 0.624. The number of aromatic nitrogens is 3. The van der Waals surface area contributed by atoms with Gasteiger partial charge in [-0.15, -0.1) is 0 Å². The Morgan fingerprint density at radius 3 is 2.65 bits per heavy atom. The third kappa shape index (κ3) is 4.62. The molecule has 1 aliphatic rings. The Labute approximate surface area is 177 Å². The second-order valence-electron chi connectivity index (χ2n) is 7.33. The predicted octanol–water partition coefficient (Wildman–Crippen LogP) is 2.25. The van der Waals surface area contributed by atoms with Crippen LogP contribution in [-0.2, 0) is 10.0 Å². The monoisotopic (exact) mass is 447 g/mol. The van der Waals surface area contributed by atoms with Crippen LogP contribution >= 0.6 is 0 Å². The first kappa shape index (κ1) is 21.1. The molecule has 11 heteroatoms. The standard InChI is InChI=1S/C20H19F2N5O3S/c1-31(29,30)26-14-10-17(19-23-18(24-25-19)12-5-3-2-4-6-12)27(11-14)20(28)15-9-13(21)7-8-16(15)22/h2-9,14,17,26H,10-11H2,1H3,(H,23,24,25)/t14-,17-/m0/s1. The van der Waals surface area contributed by atoms with Crippen molar-refractivity contribution in [2.45, 2.75) is 18.5 Å². The predicted molar refractivity (Wildman–Crippen MR) is 108 cm³/mol. The highest BCUT2D eigenvalue weighted by atomic mass is 32.2. The van der Waals surface area contributed by atoms with Gasteiger partial charge in [0, 0.05) is 18.2 Å². The Hall–Kier alpha value is -3.18. The van der Waals surface area contributed by atoms with Gasteiger partial charge in [-0.25, -0.2) is 26.9 Å². The van der Waals surface area contributed by atoms with Crippen molar-refractivity contribution in [1.82, 2.24) is 24.8 Å². The first-order valence-corrected chi connectivity index (χ1v) is 11.3. The first-order chi connectivity index (χ1) is 14.7. The number of H-pyrrole nitrogens is 1. The van der Waals surface area contributed by atoms with Crippen LogP contribution in [0.1, 0.15) is 28.6 Å². The molecule has 31 heavy (non-hydrogen) atoms. The Balaban J connectivity index is 1.68. The normalized spacial score (nSPS) is 19.0. The summed E-state index contributed by atoms with van der Waals surface area (Å²) in [6, 6.07) is 10.4. The van der Waals surface area contributed by atoms with Gasteiger partial charge >= 0.3 is 0 Å². The number of nitrogens with zero attached hydrogens (tertiary/aromatic N) is 3. The van der Waals surface area contributed by atoms with E-state index in [1.165, 1.54) is 4.90 Å². The molecule has 2 atom stereocenters. The lowest BCUT2D eigenvalue weighted by Gasteiger charge is -2.23. The molecule has 1 aliphatic heterocycles. The third-order valence-corrected chi connectivity index (χ3v) is 5.71. The van der Waals surface area contributed by atoms with Crippen LogP contribution in [0.3, 0.4) is 0 Å². The van der Waals surface area contributed by atoms with Crippen molar-refractivity contribution in [3.05, 3.63) is 71.6 Å². The Kier molecular flexibility index (Phi) is 5.54. The fraction of sp³-hybridized carbons (Fsp3) is 0.250. The molecule has 2 aromatic carbocycles. The minimum atomic E-state index is -3.55. The van der Waals surface area contributed by atoms with Crippen molar-refractivity contribution in [1.29, 1.82) is 0 Å². The van der Waals surface area contributed by atoms with Crippen molar-refractivity contribution in [2.24, 2.45) is 0 Å². The second-order valence-corrected chi connectivity index (χ2v) is 9.11. The van der Waals surface area contributed by atoms with E-state index >= 15 is 0 Å². The molecule has 1 aromatic heterocycles. The van der Waals surface area contributed by atoms with E-state index in [0.29, 0.717) is 11.6 Å². The Morgan fingerprint density at radius 1 is 1.19 bits per heavy atom. The fourth-order valence-electron chi connectivity index (χ4n) is 3.66. The van der Waals surface area contributed by atoms with E-state index < -0.39 is 45.2 Å². The zero-order valence-corrected chi connectivity index (χ0v) is 17.2. The number of carbonyl (C=O) groups excluding carboxylic acids is 1. The summed E-state index contributed by atoms with van der Waals surface area (Å²) in [6.07, 6.45) is 1.21. The molecule has 0 saturated carbocycles. The van der Waals surface area contributed by atoms with Gasteiger partial charge in [0.05, 0.1) is 17.9 Å². The molecule has 8 nitrogen and oxygen atoms in total. The molecule has 1 fully saturated rings. The molecule has 0 radical (unpaired) electrons. The van der Waals surface area contributed by atoms with Gasteiger partial charge in [0.2, 0.25) is 10.0 Å². The summed E-state index contributed by atoms with van der Waals surface area (Å²) in [5.74, 6) is -1.66. The third-order valence-electron chi connectivity index (χ3n) is 4.95. The summed E-state index contributed by atoms with van der Waals surface area (Å²) in [5, 5.41) is 6.97. The van der Waals surface area contributed by atoms with Gasteiger partial charge in [-0.3, -0.25) is 9.89 Å². The van der Waals surface area contributed by atoms with E-state index in [-0.39, 0.29) is 13.0 Å².